The van der Waals surface area contributed by atoms with E-state index in [-0.39, 0.29) is 5.91 Å². The Morgan fingerprint density at radius 3 is 2.62 bits per heavy atom. The SMILES string of the molecule is COc1cc(/C=C2/SC(=Nc3cccc(Cl)c3C)NC2=O)cc(Cl)c1OCc1cccc2ccccc12. The summed E-state index contributed by atoms with van der Waals surface area (Å²) in [5.74, 6) is 0.683. The van der Waals surface area contributed by atoms with Crippen LogP contribution in [0.2, 0.25) is 10.0 Å². The van der Waals surface area contributed by atoms with Crippen LogP contribution in [0.1, 0.15) is 16.7 Å². The van der Waals surface area contributed by atoms with Crippen LogP contribution in [0.15, 0.2) is 82.7 Å². The van der Waals surface area contributed by atoms with Gasteiger partial charge in [0.1, 0.15) is 6.61 Å². The van der Waals surface area contributed by atoms with E-state index in [1.807, 2.05) is 43.3 Å². The van der Waals surface area contributed by atoms with Crippen LogP contribution in [-0.2, 0) is 11.4 Å². The van der Waals surface area contributed by atoms with Crippen molar-refractivity contribution in [2.45, 2.75) is 13.5 Å². The van der Waals surface area contributed by atoms with Crippen LogP contribution >= 0.6 is 35.0 Å². The summed E-state index contributed by atoms with van der Waals surface area (Å²) in [6, 6.07) is 23.3. The Labute approximate surface area is 229 Å². The molecule has 0 radical (unpaired) electrons. The van der Waals surface area contributed by atoms with Crippen LogP contribution in [0.3, 0.4) is 0 Å². The van der Waals surface area contributed by atoms with E-state index in [1.54, 1.807) is 31.4 Å². The average Bonchev–Trinajstić information content (AvgIpc) is 3.24. The first-order valence-electron chi connectivity index (χ1n) is 11.4. The van der Waals surface area contributed by atoms with Crippen molar-refractivity contribution in [2.75, 3.05) is 7.11 Å². The molecular formula is C29H22Cl2N2O3S. The van der Waals surface area contributed by atoms with Gasteiger partial charge in [0, 0.05) is 5.02 Å². The standard InChI is InChI=1S/C29H22Cl2N2O3S/c1-17-22(30)11-6-12-24(17)32-29-33-28(34)26(37-29)15-18-13-23(31)27(25(14-18)35-2)36-16-20-9-5-8-19-7-3-4-10-21(19)20/h3-15H,16H2,1-2H3,(H,32,33,34)/b26-15+. The number of carbonyl (C=O) groups is 1. The molecule has 1 aliphatic heterocycles. The quantitative estimate of drug-likeness (QED) is 0.248. The highest BCUT2D eigenvalue weighted by molar-refractivity contribution is 8.18. The third-order valence-corrected chi connectivity index (χ3v) is 7.51. The van der Waals surface area contributed by atoms with E-state index in [0.29, 0.717) is 49.5 Å². The number of benzene rings is 4. The molecule has 0 atom stereocenters. The first-order chi connectivity index (χ1) is 17.9. The number of aliphatic imine (C=N–C) groups is 1. The zero-order valence-electron chi connectivity index (χ0n) is 20.0. The zero-order chi connectivity index (χ0) is 25.9. The lowest BCUT2D eigenvalue weighted by Gasteiger charge is -2.14. The van der Waals surface area contributed by atoms with Crippen molar-refractivity contribution in [3.63, 3.8) is 0 Å². The van der Waals surface area contributed by atoms with E-state index in [9.17, 15) is 4.79 Å². The Hall–Kier alpha value is -3.45. The summed E-state index contributed by atoms with van der Waals surface area (Å²) in [5, 5.41) is 6.56. The van der Waals surface area contributed by atoms with Crippen molar-refractivity contribution in [3.05, 3.63) is 104 Å². The van der Waals surface area contributed by atoms with Crippen LogP contribution in [0.25, 0.3) is 16.8 Å². The number of hydrogen-bond donors (Lipinski definition) is 1. The number of hydrogen-bond acceptors (Lipinski definition) is 5. The first-order valence-corrected chi connectivity index (χ1v) is 13.0. The number of nitrogens with zero attached hydrogens (tertiary/aromatic N) is 1. The number of rotatable bonds is 6. The summed E-state index contributed by atoms with van der Waals surface area (Å²) < 4.78 is 11.7. The summed E-state index contributed by atoms with van der Waals surface area (Å²) >= 11 is 14.1. The molecule has 0 aliphatic carbocycles. The number of methoxy groups -OCH3 is 1. The molecule has 1 heterocycles. The van der Waals surface area contributed by atoms with E-state index in [0.717, 1.165) is 21.9 Å². The Morgan fingerprint density at radius 1 is 1.00 bits per heavy atom. The number of halogens is 2. The molecule has 1 saturated heterocycles. The predicted molar refractivity (Wildman–Crippen MR) is 153 cm³/mol. The number of amides is 1. The van der Waals surface area contributed by atoms with Gasteiger partial charge in [0.25, 0.3) is 5.91 Å². The molecule has 1 fully saturated rings. The maximum absolute atomic E-state index is 12.6. The molecule has 4 aromatic rings. The fourth-order valence-corrected chi connectivity index (χ4v) is 5.27. The molecule has 0 saturated carbocycles. The molecule has 5 nitrogen and oxygen atoms in total. The zero-order valence-corrected chi connectivity index (χ0v) is 22.4. The molecular weight excluding hydrogens is 527 g/mol. The van der Waals surface area contributed by atoms with E-state index < -0.39 is 0 Å². The van der Waals surface area contributed by atoms with Crippen LogP contribution in [0.5, 0.6) is 11.5 Å². The number of fused-ring (bicyclic) bond motifs is 1. The maximum Gasteiger partial charge on any atom is 0.264 e. The number of carbonyl (C=O) groups excluding carboxylic acids is 1. The van der Waals surface area contributed by atoms with Gasteiger partial charge in [-0.2, -0.15) is 0 Å². The molecule has 5 rings (SSSR count). The van der Waals surface area contributed by atoms with Gasteiger partial charge < -0.3 is 14.8 Å². The van der Waals surface area contributed by atoms with Crippen LogP contribution in [0, 0.1) is 6.92 Å². The highest BCUT2D eigenvalue weighted by Gasteiger charge is 2.24. The van der Waals surface area contributed by atoms with Crippen LogP contribution in [0.4, 0.5) is 5.69 Å². The molecule has 0 spiro atoms. The largest absolute Gasteiger partial charge is 0.493 e. The van der Waals surface area contributed by atoms with Crippen molar-refractivity contribution < 1.29 is 14.3 Å². The van der Waals surface area contributed by atoms with Gasteiger partial charge in [0.2, 0.25) is 0 Å². The van der Waals surface area contributed by atoms with Gasteiger partial charge in [-0.25, -0.2) is 4.99 Å². The third kappa shape index (κ3) is 5.47. The average molecular weight is 549 g/mol. The van der Waals surface area contributed by atoms with Gasteiger partial charge in [0.15, 0.2) is 16.7 Å². The Kier molecular flexibility index (Phi) is 7.42. The first kappa shape index (κ1) is 25.2. The van der Waals surface area contributed by atoms with E-state index >= 15 is 0 Å². The number of amidine groups is 1. The molecule has 1 N–H and O–H groups in total. The minimum atomic E-state index is -0.241. The lowest BCUT2D eigenvalue weighted by atomic mass is 10.1. The van der Waals surface area contributed by atoms with Gasteiger partial charge >= 0.3 is 0 Å². The molecule has 4 aromatic carbocycles. The topological polar surface area (TPSA) is 59.9 Å². The second kappa shape index (κ2) is 10.9. The lowest BCUT2D eigenvalue weighted by molar-refractivity contribution is -0.115. The lowest BCUT2D eigenvalue weighted by Crippen LogP contribution is -2.19. The molecule has 1 amide bonds. The summed E-state index contributed by atoms with van der Waals surface area (Å²) in [6.45, 7) is 2.22. The second-order valence-electron chi connectivity index (χ2n) is 8.33. The normalized spacial score (nSPS) is 15.4. The maximum atomic E-state index is 12.6. The minimum Gasteiger partial charge on any atom is -0.493 e. The van der Waals surface area contributed by atoms with Crippen molar-refractivity contribution in [3.8, 4) is 11.5 Å². The van der Waals surface area contributed by atoms with E-state index in [4.69, 9.17) is 32.7 Å². The Morgan fingerprint density at radius 2 is 1.78 bits per heavy atom. The van der Waals surface area contributed by atoms with Crippen molar-refractivity contribution >= 4 is 68.6 Å². The van der Waals surface area contributed by atoms with Crippen LogP contribution < -0.4 is 14.8 Å². The van der Waals surface area contributed by atoms with Gasteiger partial charge in [-0.05, 0) is 76.5 Å². The minimum absolute atomic E-state index is 0.241. The monoisotopic (exact) mass is 548 g/mol. The summed E-state index contributed by atoms with van der Waals surface area (Å²) in [7, 11) is 1.56. The van der Waals surface area contributed by atoms with Crippen molar-refractivity contribution in [1.29, 1.82) is 0 Å². The van der Waals surface area contributed by atoms with Crippen molar-refractivity contribution in [2.24, 2.45) is 4.99 Å². The predicted octanol–water partition coefficient (Wildman–Crippen LogP) is 7.93. The van der Waals surface area contributed by atoms with E-state index in [1.165, 1.54) is 11.8 Å². The van der Waals surface area contributed by atoms with Gasteiger partial charge in [-0.1, -0.05) is 71.7 Å². The molecule has 1 aliphatic rings. The molecule has 0 aromatic heterocycles. The fraction of sp³-hybridized carbons (Fsp3) is 0.103. The number of ether oxygens (including phenoxy) is 2. The molecule has 0 unspecified atom stereocenters. The van der Waals surface area contributed by atoms with Crippen molar-refractivity contribution in [1.82, 2.24) is 5.32 Å². The molecule has 0 bridgehead atoms. The number of nitrogens with one attached hydrogen (secondary N) is 1. The summed E-state index contributed by atoms with van der Waals surface area (Å²) in [5.41, 5.74) is 3.30. The number of thioether (sulfide) groups is 1. The third-order valence-electron chi connectivity index (χ3n) is 5.91. The fourth-order valence-electron chi connectivity index (χ4n) is 3.99. The second-order valence-corrected chi connectivity index (χ2v) is 10.2. The summed E-state index contributed by atoms with van der Waals surface area (Å²) in [6.07, 6.45) is 1.75. The highest BCUT2D eigenvalue weighted by Crippen LogP contribution is 2.39. The highest BCUT2D eigenvalue weighted by atomic mass is 35.5. The van der Waals surface area contributed by atoms with Gasteiger partial charge in [-0.3, -0.25) is 4.79 Å². The molecule has 37 heavy (non-hydrogen) atoms. The van der Waals surface area contributed by atoms with Gasteiger partial charge in [-0.15, -0.1) is 0 Å². The smallest absolute Gasteiger partial charge is 0.264 e. The van der Waals surface area contributed by atoms with E-state index in [2.05, 4.69) is 28.5 Å². The molecule has 186 valence electrons. The van der Waals surface area contributed by atoms with Crippen LogP contribution in [-0.4, -0.2) is 18.2 Å². The Bertz CT molecular complexity index is 1580. The Balaban J connectivity index is 1.38. The van der Waals surface area contributed by atoms with Gasteiger partial charge in [0.05, 0.1) is 22.7 Å². The summed E-state index contributed by atoms with van der Waals surface area (Å²) in [4.78, 5) is 17.6. The molecule has 8 heteroatoms.